The molecule has 1 heterocycles. The topological polar surface area (TPSA) is 25.2 Å². The molecule has 0 bridgehead atoms. The fourth-order valence-corrected chi connectivity index (χ4v) is 2.22. The molecular weight excluding hydrogens is 234 g/mol. The number of para-hydroxylation sites is 1. The first-order valence-electron chi connectivity index (χ1n) is 6.96. The number of benzene rings is 1. The number of hydrogen-bond acceptors (Lipinski definition) is 2. The van der Waals surface area contributed by atoms with Gasteiger partial charge in [0, 0.05) is 23.9 Å². The van der Waals surface area contributed by atoms with Gasteiger partial charge in [0.25, 0.3) is 0 Å². The molecule has 0 aliphatic carbocycles. The van der Waals surface area contributed by atoms with Crippen molar-refractivity contribution in [2.75, 3.05) is 6.54 Å². The molecule has 0 saturated heterocycles. The van der Waals surface area contributed by atoms with Gasteiger partial charge < -0.3 is 9.73 Å². The van der Waals surface area contributed by atoms with Crippen LogP contribution in [-0.2, 0) is 13.0 Å². The Hall–Kier alpha value is -1.72. The standard InChI is InChI=1S/C17H21NO/c1-3-5-10-17-15(13-18-12-6-4-2)14-9-7-8-11-16(14)19-17/h7-9,11,18H,3,5,10,12-13H2,1-2H3. The summed E-state index contributed by atoms with van der Waals surface area (Å²) in [5.41, 5.74) is 2.29. The van der Waals surface area contributed by atoms with Crippen molar-refractivity contribution in [3.63, 3.8) is 0 Å². The van der Waals surface area contributed by atoms with Crippen LogP contribution in [0.3, 0.4) is 0 Å². The molecule has 1 N–H and O–H groups in total. The number of nitrogens with one attached hydrogen (secondary N) is 1. The van der Waals surface area contributed by atoms with Crippen molar-refractivity contribution in [3.8, 4) is 11.8 Å². The van der Waals surface area contributed by atoms with Gasteiger partial charge in [0.15, 0.2) is 0 Å². The molecule has 100 valence electrons. The van der Waals surface area contributed by atoms with Gasteiger partial charge in [-0.2, -0.15) is 0 Å². The fourth-order valence-electron chi connectivity index (χ4n) is 2.22. The van der Waals surface area contributed by atoms with Crippen LogP contribution in [0.5, 0.6) is 0 Å². The van der Waals surface area contributed by atoms with E-state index in [0.29, 0.717) is 0 Å². The lowest BCUT2D eigenvalue weighted by molar-refractivity contribution is 0.526. The van der Waals surface area contributed by atoms with Gasteiger partial charge in [-0.25, -0.2) is 0 Å². The predicted octanol–water partition coefficient (Wildman–Crippen LogP) is 3.89. The van der Waals surface area contributed by atoms with E-state index in [0.717, 1.165) is 30.9 Å². The van der Waals surface area contributed by atoms with Gasteiger partial charge in [0.05, 0.1) is 6.54 Å². The summed E-state index contributed by atoms with van der Waals surface area (Å²) in [5, 5.41) is 4.59. The molecule has 1 aromatic carbocycles. The van der Waals surface area contributed by atoms with E-state index in [1.165, 1.54) is 23.8 Å². The SMILES string of the molecule is CC#CCNCc1c(CCCC)oc2ccccc12. The summed E-state index contributed by atoms with van der Waals surface area (Å²) >= 11 is 0. The molecule has 0 fully saturated rings. The van der Waals surface area contributed by atoms with Crippen molar-refractivity contribution in [3.05, 3.63) is 35.6 Å². The van der Waals surface area contributed by atoms with E-state index >= 15 is 0 Å². The minimum Gasteiger partial charge on any atom is -0.461 e. The van der Waals surface area contributed by atoms with Gasteiger partial charge in [-0.1, -0.05) is 37.5 Å². The van der Waals surface area contributed by atoms with E-state index in [9.17, 15) is 0 Å². The van der Waals surface area contributed by atoms with Crippen molar-refractivity contribution in [1.82, 2.24) is 5.32 Å². The smallest absolute Gasteiger partial charge is 0.134 e. The van der Waals surface area contributed by atoms with Crippen molar-refractivity contribution in [2.45, 2.75) is 39.7 Å². The highest BCUT2D eigenvalue weighted by Crippen LogP contribution is 2.26. The maximum Gasteiger partial charge on any atom is 0.134 e. The number of fused-ring (bicyclic) bond motifs is 1. The summed E-state index contributed by atoms with van der Waals surface area (Å²) in [6.07, 6.45) is 3.37. The molecule has 0 aliphatic heterocycles. The first-order valence-corrected chi connectivity index (χ1v) is 6.96. The fraction of sp³-hybridized carbons (Fsp3) is 0.412. The third-order valence-corrected chi connectivity index (χ3v) is 3.23. The highest BCUT2D eigenvalue weighted by molar-refractivity contribution is 5.82. The molecule has 19 heavy (non-hydrogen) atoms. The van der Waals surface area contributed by atoms with Crippen LogP contribution >= 0.6 is 0 Å². The van der Waals surface area contributed by atoms with Crippen LogP contribution in [0.4, 0.5) is 0 Å². The molecule has 2 heteroatoms. The third kappa shape index (κ3) is 3.39. The molecule has 1 aromatic heterocycles. The lowest BCUT2D eigenvalue weighted by Crippen LogP contribution is -2.14. The van der Waals surface area contributed by atoms with E-state index < -0.39 is 0 Å². The second-order valence-electron chi connectivity index (χ2n) is 4.63. The second kappa shape index (κ2) is 7.01. The van der Waals surface area contributed by atoms with Gasteiger partial charge in [0.1, 0.15) is 11.3 Å². The second-order valence-corrected chi connectivity index (χ2v) is 4.63. The number of furan rings is 1. The maximum atomic E-state index is 5.98. The monoisotopic (exact) mass is 255 g/mol. The maximum absolute atomic E-state index is 5.98. The summed E-state index contributed by atoms with van der Waals surface area (Å²) in [7, 11) is 0. The summed E-state index contributed by atoms with van der Waals surface area (Å²) in [4.78, 5) is 0. The van der Waals surface area contributed by atoms with E-state index in [4.69, 9.17) is 4.42 Å². The van der Waals surface area contributed by atoms with Crippen LogP contribution in [0.25, 0.3) is 11.0 Å². The summed E-state index contributed by atoms with van der Waals surface area (Å²) in [6.45, 7) is 5.62. The highest BCUT2D eigenvalue weighted by atomic mass is 16.3. The number of unbranched alkanes of at least 4 members (excludes halogenated alkanes) is 1. The number of rotatable bonds is 6. The Labute approximate surface area is 115 Å². The van der Waals surface area contributed by atoms with Gasteiger partial charge in [0.2, 0.25) is 0 Å². The molecule has 2 nitrogen and oxygen atoms in total. The Bertz CT molecular complexity index is 586. The normalized spacial score (nSPS) is 10.4. The summed E-state index contributed by atoms with van der Waals surface area (Å²) in [5.74, 6) is 7.05. The van der Waals surface area contributed by atoms with Crippen LogP contribution < -0.4 is 5.32 Å². The summed E-state index contributed by atoms with van der Waals surface area (Å²) in [6, 6.07) is 8.27. The first-order chi connectivity index (χ1) is 9.36. The minimum atomic E-state index is 0.725. The molecule has 2 rings (SSSR count). The zero-order valence-electron chi connectivity index (χ0n) is 11.8. The quantitative estimate of drug-likeness (QED) is 0.626. The highest BCUT2D eigenvalue weighted by Gasteiger charge is 2.12. The largest absolute Gasteiger partial charge is 0.461 e. The molecule has 2 aromatic rings. The Morgan fingerprint density at radius 2 is 2.11 bits per heavy atom. The Morgan fingerprint density at radius 3 is 2.89 bits per heavy atom. The number of aryl methyl sites for hydroxylation is 1. The van der Waals surface area contributed by atoms with E-state index in [1.807, 2.05) is 19.1 Å². The van der Waals surface area contributed by atoms with Crippen LogP contribution in [0.2, 0.25) is 0 Å². The van der Waals surface area contributed by atoms with Gasteiger partial charge in [-0.3, -0.25) is 0 Å². The molecule has 0 spiro atoms. The Kier molecular flexibility index (Phi) is 5.06. The third-order valence-electron chi connectivity index (χ3n) is 3.23. The molecule has 0 amide bonds. The van der Waals surface area contributed by atoms with Gasteiger partial charge in [-0.15, -0.1) is 5.92 Å². The molecule has 0 radical (unpaired) electrons. The minimum absolute atomic E-state index is 0.725. The molecule has 0 atom stereocenters. The van der Waals surface area contributed by atoms with Crippen LogP contribution in [0, 0.1) is 11.8 Å². The van der Waals surface area contributed by atoms with Crippen LogP contribution in [-0.4, -0.2) is 6.54 Å². The van der Waals surface area contributed by atoms with Gasteiger partial charge >= 0.3 is 0 Å². The van der Waals surface area contributed by atoms with E-state index in [-0.39, 0.29) is 0 Å². The lowest BCUT2D eigenvalue weighted by atomic mass is 10.1. The zero-order chi connectivity index (χ0) is 13.5. The van der Waals surface area contributed by atoms with Crippen molar-refractivity contribution in [2.24, 2.45) is 0 Å². The lowest BCUT2D eigenvalue weighted by Gasteiger charge is -2.03. The number of hydrogen-bond donors (Lipinski definition) is 1. The Morgan fingerprint density at radius 1 is 1.26 bits per heavy atom. The van der Waals surface area contributed by atoms with Crippen molar-refractivity contribution in [1.29, 1.82) is 0 Å². The van der Waals surface area contributed by atoms with E-state index in [2.05, 4.69) is 36.2 Å². The van der Waals surface area contributed by atoms with E-state index in [1.54, 1.807) is 0 Å². The van der Waals surface area contributed by atoms with Crippen molar-refractivity contribution >= 4 is 11.0 Å². The molecule has 0 aliphatic rings. The Balaban J connectivity index is 2.22. The summed E-state index contributed by atoms with van der Waals surface area (Å²) < 4.78 is 5.98. The van der Waals surface area contributed by atoms with Crippen LogP contribution in [0.15, 0.2) is 28.7 Å². The van der Waals surface area contributed by atoms with Crippen LogP contribution in [0.1, 0.15) is 38.0 Å². The average molecular weight is 255 g/mol. The molecule has 0 saturated carbocycles. The predicted molar refractivity (Wildman–Crippen MR) is 80.0 cm³/mol. The molecular formula is C17H21NO. The molecule has 0 unspecified atom stereocenters. The zero-order valence-corrected chi connectivity index (χ0v) is 11.8. The van der Waals surface area contributed by atoms with Crippen molar-refractivity contribution < 1.29 is 4.42 Å². The average Bonchev–Trinajstić information content (AvgIpc) is 2.79. The first kappa shape index (κ1) is 13.7. The van der Waals surface area contributed by atoms with Gasteiger partial charge in [-0.05, 0) is 19.4 Å².